The summed E-state index contributed by atoms with van der Waals surface area (Å²) in [5.74, 6) is -1.22. The van der Waals surface area contributed by atoms with Crippen LogP contribution in [0.15, 0.2) is 46.7 Å². The number of amides is 1. The molecule has 7 heteroatoms. The summed E-state index contributed by atoms with van der Waals surface area (Å²) < 4.78 is 36.8. The minimum Gasteiger partial charge on any atom is -0.325 e. The molecule has 2 nitrogen and oxygen atoms in total. The monoisotopic (exact) mass is 331 g/mol. The number of para-hydroxylation sites is 1. The van der Waals surface area contributed by atoms with Crippen molar-refractivity contribution in [2.24, 2.45) is 0 Å². The normalized spacial score (nSPS) is 11.4. The van der Waals surface area contributed by atoms with Gasteiger partial charge in [-0.05, 0) is 23.6 Å². The number of halogens is 3. The summed E-state index contributed by atoms with van der Waals surface area (Å²) in [5.41, 5.74) is 0.410. The van der Waals surface area contributed by atoms with Crippen LogP contribution in [0.2, 0.25) is 0 Å². The van der Waals surface area contributed by atoms with Crippen molar-refractivity contribution < 1.29 is 18.0 Å². The molecule has 0 saturated heterocycles. The van der Waals surface area contributed by atoms with Crippen LogP contribution in [0.4, 0.5) is 18.9 Å². The van der Waals surface area contributed by atoms with Gasteiger partial charge in [0.2, 0.25) is 5.91 Å². The molecule has 1 amide bonds. The van der Waals surface area contributed by atoms with E-state index < -0.39 is 11.9 Å². The van der Waals surface area contributed by atoms with Crippen molar-refractivity contribution >= 4 is 34.7 Å². The fourth-order valence-electron chi connectivity index (χ4n) is 1.62. The van der Waals surface area contributed by atoms with Gasteiger partial charge in [-0.3, -0.25) is 4.79 Å². The van der Waals surface area contributed by atoms with Gasteiger partial charge in [0.05, 0.1) is 17.9 Å². The van der Waals surface area contributed by atoms with Crippen LogP contribution in [-0.2, 0) is 11.2 Å². The van der Waals surface area contributed by atoms with E-state index in [9.17, 15) is 18.0 Å². The lowest BCUT2D eigenvalue weighted by atomic mass is 10.3. The summed E-state index contributed by atoms with van der Waals surface area (Å²) in [5, 5.41) is 4.54. The highest BCUT2D eigenvalue weighted by atomic mass is 32.2. The lowest BCUT2D eigenvalue weighted by molar-refractivity contribution is -0.115. The molecule has 0 spiro atoms. The molecular weight excluding hydrogens is 319 g/mol. The Morgan fingerprint density at radius 1 is 1.19 bits per heavy atom. The second-order valence-electron chi connectivity index (χ2n) is 4.20. The molecule has 0 saturated carbocycles. The Hall–Kier alpha value is -1.47. The molecule has 0 radical (unpaired) electrons. The Morgan fingerprint density at radius 3 is 2.62 bits per heavy atom. The largest absolute Gasteiger partial charge is 0.398 e. The van der Waals surface area contributed by atoms with Gasteiger partial charge in [0.15, 0.2) is 0 Å². The molecule has 1 N–H and O–H groups in total. The average Bonchev–Trinajstić information content (AvgIpc) is 2.89. The third-order valence-corrected chi connectivity index (χ3v) is 4.48. The molecule has 1 aromatic heterocycles. The summed E-state index contributed by atoms with van der Waals surface area (Å²) >= 11 is 2.13. The summed E-state index contributed by atoms with van der Waals surface area (Å²) in [6.07, 6.45) is -4.02. The van der Waals surface area contributed by atoms with Crippen LogP contribution in [0.3, 0.4) is 0 Å². The van der Waals surface area contributed by atoms with E-state index in [0.717, 1.165) is 4.88 Å². The van der Waals surface area contributed by atoms with Gasteiger partial charge in [0.1, 0.15) is 0 Å². The fraction of sp³-hybridized carbons (Fsp3) is 0.214. The molecule has 0 bridgehead atoms. The molecular formula is C14H12F3NOS2. The molecule has 21 heavy (non-hydrogen) atoms. The zero-order chi connectivity index (χ0) is 15.3. The standard InChI is InChI=1S/C14H12F3NOS2/c15-14(16,17)9-21-12-6-2-1-5-11(12)18-13(19)8-10-4-3-7-20-10/h1-7H,8-9H2,(H,18,19). The van der Waals surface area contributed by atoms with Crippen LogP contribution in [0, 0.1) is 0 Å². The van der Waals surface area contributed by atoms with E-state index in [2.05, 4.69) is 5.32 Å². The summed E-state index contributed by atoms with van der Waals surface area (Å²) in [7, 11) is 0. The maximum atomic E-state index is 12.3. The van der Waals surface area contributed by atoms with Crippen LogP contribution >= 0.6 is 23.1 Å². The number of rotatable bonds is 5. The Kier molecular flexibility index (Phi) is 5.30. The Bertz CT molecular complexity index is 597. The number of carbonyl (C=O) groups is 1. The van der Waals surface area contributed by atoms with Gasteiger partial charge >= 0.3 is 6.18 Å². The van der Waals surface area contributed by atoms with Crippen molar-refractivity contribution in [1.29, 1.82) is 0 Å². The highest BCUT2D eigenvalue weighted by molar-refractivity contribution is 7.99. The van der Waals surface area contributed by atoms with Crippen LogP contribution in [-0.4, -0.2) is 17.8 Å². The van der Waals surface area contributed by atoms with Crippen LogP contribution in [0.5, 0.6) is 0 Å². The number of thioether (sulfide) groups is 1. The topological polar surface area (TPSA) is 29.1 Å². The van der Waals surface area contributed by atoms with Crippen molar-refractivity contribution in [3.05, 3.63) is 46.7 Å². The number of alkyl halides is 3. The average molecular weight is 331 g/mol. The molecule has 0 atom stereocenters. The number of benzene rings is 1. The third-order valence-electron chi connectivity index (χ3n) is 2.47. The van der Waals surface area contributed by atoms with Gasteiger partial charge in [-0.1, -0.05) is 18.2 Å². The second-order valence-corrected chi connectivity index (χ2v) is 6.25. The maximum Gasteiger partial charge on any atom is 0.398 e. The van der Waals surface area contributed by atoms with E-state index in [1.807, 2.05) is 17.5 Å². The number of hydrogen-bond acceptors (Lipinski definition) is 3. The van der Waals surface area contributed by atoms with Crippen LogP contribution in [0.25, 0.3) is 0 Å². The zero-order valence-electron chi connectivity index (χ0n) is 10.8. The van der Waals surface area contributed by atoms with Gasteiger partial charge in [0.25, 0.3) is 0 Å². The number of anilines is 1. The summed E-state index contributed by atoms with van der Waals surface area (Å²) in [4.78, 5) is 13.2. The lowest BCUT2D eigenvalue weighted by Crippen LogP contribution is -2.15. The predicted molar refractivity (Wildman–Crippen MR) is 79.9 cm³/mol. The van der Waals surface area contributed by atoms with Gasteiger partial charge in [-0.15, -0.1) is 23.1 Å². The highest BCUT2D eigenvalue weighted by Crippen LogP contribution is 2.32. The number of hydrogen-bond donors (Lipinski definition) is 1. The number of carbonyl (C=O) groups excluding carboxylic acids is 1. The summed E-state index contributed by atoms with van der Waals surface area (Å²) in [6, 6.07) is 10.2. The molecule has 1 aromatic carbocycles. The molecule has 0 aliphatic carbocycles. The zero-order valence-corrected chi connectivity index (χ0v) is 12.4. The van der Waals surface area contributed by atoms with Crippen LogP contribution < -0.4 is 5.32 Å². The Balaban J connectivity index is 2.00. The smallest absolute Gasteiger partial charge is 0.325 e. The maximum absolute atomic E-state index is 12.3. The first-order valence-electron chi connectivity index (χ1n) is 6.05. The van der Waals surface area contributed by atoms with Crippen molar-refractivity contribution in [2.45, 2.75) is 17.5 Å². The van der Waals surface area contributed by atoms with E-state index in [-0.39, 0.29) is 12.3 Å². The first-order valence-corrected chi connectivity index (χ1v) is 7.91. The number of nitrogens with one attached hydrogen (secondary N) is 1. The quantitative estimate of drug-likeness (QED) is 0.812. The molecule has 1 heterocycles. The SMILES string of the molecule is O=C(Cc1cccs1)Nc1ccccc1SCC(F)(F)F. The second kappa shape index (κ2) is 7.00. The van der Waals surface area contributed by atoms with Crippen molar-refractivity contribution in [3.8, 4) is 0 Å². The molecule has 0 aliphatic heterocycles. The van der Waals surface area contributed by atoms with E-state index >= 15 is 0 Å². The van der Waals surface area contributed by atoms with Crippen molar-refractivity contribution in [1.82, 2.24) is 0 Å². The molecule has 0 fully saturated rings. The number of thiophene rings is 1. The molecule has 112 valence electrons. The summed E-state index contributed by atoms with van der Waals surface area (Å²) in [6.45, 7) is 0. The van der Waals surface area contributed by atoms with E-state index in [0.29, 0.717) is 22.3 Å². The van der Waals surface area contributed by atoms with Gasteiger partial charge in [0, 0.05) is 9.77 Å². The van der Waals surface area contributed by atoms with Crippen molar-refractivity contribution in [2.75, 3.05) is 11.1 Å². The highest BCUT2D eigenvalue weighted by Gasteiger charge is 2.27. The van der Waals surface area contributed by atoms with E-state index in [4.69, 9.17) is 0 Å². The first kappa shape index (κ1) is 15.9. The van der Waals surface area contributed by atoms with Gasteiger partial charge in [-0.2, -0.15) is 13.2 Å². The van der Waals surface area contributed by atoms with Crippen molar-refractivity contribution in [3.63, 3.8) is 0 Å². The Morgan fingerprint density at radius 2 is 1.95 bits per heavy atom. The predicted octanol–water partition coefficient (Wildman–Crippen LogP) is 4.58. The Labute approximate surface area is 128 Å². The first-order chi connectivity index (χ1) is 9.94. The molecule has 0 unspecified atom stereocenters. The fourth-order valence-corrected chi connectivity index (χ4v) is 3.09. The van der Waals surface area contributed by atoms with E-state index in [1.54, 1.807) is 24.3 Å². The minimum absolute atomic E-state index is 0.218. The van der Waals surface area contributed by atoms with E-state index in [1.165, 1.54) is 11.3 Å². The van der Waals surface area contributed by atoms with Gasteiger partial charge < -0.3 is 5.32 Å². The minimum atomic E-state index is -4.24. The third kappa shape index (κ3) is 5.43. The molecule has 2 rings (SSSR count). The lowest BCUT2D eigenvalue weighted by Gasteiger charge is -2.11. The van der Waals surface area contributed by atoms with Crippen LogP contribution in [0.1, 0.15) is 4.88 Å². The molecule has 2 aromatic rings. The molecule has 0 aliphatic rings. The van der Waals surface area contributed by atoms with Gasteiger partial charge in [-0.25, -0.2) is 0 Å².